The van der Waals surface area contributed by atoms with Gasteiger partial charge in [-0.25, -0.2) is 4.79 Å². The quantitative estimate of drug-likeness (QED) is 0.838. The van der Waals surface area contributed by atoms with Crippen LogP contribution in [0.3, 0.4) is 0 Å². The van der Waals surface area contributed by atoms with Crippen LogP contribution in [0, 0.1) is 13.8 Å². The molecule has 0 aliphatic heterocycles. The van der Waals surface area contributed by atoms with Crippen molar-refractivity contribution in [3.05, 3.63) is 34.5 Å². The van der Waals surface area contributed by atoms with E-state index in [-0.39, 0.29) is 18.0 Å². The van der Waals surface area contributed by atoms with Crippen molar-refractivity contribution in [1.82, 2.24) is 4.57 Å². The van der Waals surface area contributed by atoms with Gasteiger partial charge in [0.25, 0.3) is 0 Å². The summed E-state index contributed by atoms with van der Waals surface area (Å²) in [5.41, 5.74) is 2.85. The number of carbonyl (C=O) groups excluding carboxylic acids is 1. The van der Waals surface area contributed by atoms with E-state index in [9.17, 15) is 14.7 Å². The predicted molar refractivity (Wildman–Crippen MR) is 75.5 cm³/mol. The Kier molecular flexibility index (Phi) is 3.63. The second-order valence-corrected chi connectivity index (χ2v) is 4.88. The molecule has 106 valence electrons. The summed E-state index contributed by atoms with van der Waals surface area (Å²) in [4.78, 5) is 23.1. The highest BCUT2D eigenvalue weighted by Crippen LogP contribution is 2.29. The maximum atomic E-state index is 11.8. The fraction of sp³-hybridized carbons (Fsp3) is 0.333. The van der Waals surface area contributed by atoms with E-state index in [1.807, 2.05) is 6.92 Å². The summed E-state index contributed by atoms with van der Waals surface area (Å²) in [5, 5.41) is 19.1. The highest BCUT2D eigenvalue weighted by atomic mass is 16.4. The van der Waals surface area contributed by atoms with Gasteiger partial charge in [0.1, 0.15) is 0 Å². The van der Waals surface area contributed by atoms with Crippen LogP contribution in [0.15, 0.2) is 12.1 Å². The zero-order valence-electron chi connectivity index (χ0n) is 11.7. The van der Waals surface area contributed by atoms with E-state index >= 15 is 0 Å². The molecule has 0 atom stereocenters. The van der Waals surface area contributed by atoms with E-state index in [1.54, 1.807) is 23.6 Å². The number of hydrogen-bond acceptors (Lipinski definition) is 3. The van der Waals surface area contributed by atoms with Crippen molar-refractivity contribution in [1.29, 1.82) is 0 Å². The first kappa shape index (κ1) is 14.3. The molecular formula is C15H17NO4. The van der Waals surface area contributed by atoms with Crippen LogP contribution in [0.1, 0.15) is 38.9 Å². The fourth-order valence-electron chi connectivity index (χ4n) is 2.69. The van der Waals surface area contributed by atoms with E-state index in [0.29, 0.717) is 23.2 Å². The van der Waals surface area contributed by atoms with Crippen molar-refractivity contribution in [2.45, 2.75) is 27.3 Å². The predicted octanol–water partition coefficient (Wildman–Crippen LogP) is 2.15. The number of carbonyl (C=O) groups is 2. The lowest BCUT2D eigenvalue weighted by Crippen LogP contribution is -2.06. The molecule has 0 saturated heterocycles. The molecule has 0 aliphatic carbocycles. The SMILES string of the molecule is CC(=O)c1c(C)n(CCO)c2cc(C(=O)O)c(C)cc12. The van der Waals surface area contributed by atoms with Crippen molar-refractivity contribution < 1.29 is 19.8 Å². The third-order valence-corrected chi connectivity index (χ3v) is 3.58. The molecule has 0 amide bonds. The molecule has 0 fully saturated rings. The lowest BCUT2D eigenvalue weighted by atomic mass is 10.0. The number of ketones is 1. The molecule has 2 N–H and O–H groups in total. The van der Waals surface area contributed by atoms with Crippen LogP contribution < -0.4 is 0 Å². The number of benzene rings is 1. The lowest BCUT2D eigenvalue weighted by molar-refractivity contribution is 0.0696. The van der Waals surface area contributed by atoms with Crippen molar-refractivity contribution >= 4 is 22.7 Å². The average Bonchev–Trinajstić information content (AvgIpc) is 2.61. The van der Waals surface area contributed by atoms with Crippen LogP contribution in [0.4, 0.5) is 0 Å². The molecule has 0 aliphatic rings. The standard InChI is InChI=1S/C15H17NO4/c1-8-6-12-13(7-11(8)15(19)20)16(4-5-17)9(2)14(12)10(3)18/h6-7,17H,4-5H2,1-3H3,(H,19,20). The van der Waals surface area contributed by atoms with Gasteiger partial charge >= 0.3 is 5.97 Å². The summed E-state index contributed by atoms with van der Waals surface area (Å²) in [6.07, 6.45) is 0. The number of carboxylic acid groups (broad SMARTS) is 1. The van der Waals surface area contributed by atoms with Crippen molar-refractivity contribution in [3.8, 4) is 0 Å². The van der Waals surface area contributed by atoms with E-state index in [1.165, 1.54) is 6.92 Å². The number of fused-ring (bicyclic) bond motifs is 1. The Labute approximate surface area is 116 Å². The van der Waals surface area contributed by atoms with Gasteiger partial charge in [0.15, 0.2) is 5.78 Å². The fourth-order valence-corrected chi connectivity index (χ4v) is 2.69. The molecule has 2 rings (SSSR count). The number of aryl methyl sites for hydroxylation is 1. The Morgan fingerprint density at radius 2 is 1.90 bits per heavy atom. The average molecular weight is 275 g/mol. The van der Waals surface area contributed by atoms with Gasteiger partial charge < -0.3 is 14.8 Å². The summed E-state index contributed by atoms with van der Waals surface area (Å²) in [6.45, 7) is 5.27. The number of aliphatic hydroxyl groups is 1. The van der Waals surface area contributed by atoms with Gasteiger partial charge in [-0.3, -0.25) is 4.79 Å². The van der Waals surface area contributed by atoms with E-state index in [2.05, 4.69) is 0 Å². The Bertz CT molecular complexity index is 712. The highest BCUT2D eigenvalue weighted by molar-refractivity contribution is 6.10. The first-order chi connectivity index (χ1) is 9.38. The van der Waals surface area contributed by atoms with E-state index in [0.717, 1.165) is 11.1 Å². The molecule has 0 bridgehead atoms. The summed E-state index contributed by atoms with van der Waals surface area (Å²) in [7, 11) is 0. The van der Waals surface area contributed by atoms with Crippen LogP contribution >= 0.6 is 0 Å². The number of rotatable bonds is 4. The molecule has 1 heterocycles. The Balaban J connectivity index is 2.89. The molecule has 2 aromatic rings. The topological polar surface area (TPSA) is 79.5 Å². The Morgan fingerprint density at radius 3 is 2.40 bits per heavy atom. The molecule has 1 aromatic heterocycles. The molecule has 1 aromatic carbocycles. The number of aliphatic hydroxyl groups excluding tert-OH is 1. The maximum Gasteiger partial charge on any atom is 0.336 e. The number of nitrogens with zero attached hydrogens (tertiary/aromatic N) is 1. The Morgan fingerprint density at radius 1 is 1.25 bits per heavy atom. The molecule has 5 heteroatoms. The third kappa shape index (κ3) is 2.10. The largest absolute Gasteiger partial charge is 0.478 e. The first-order valence-electron chi connectivity index (χ1n) is 6.37. The molecule has 0 saturated carbocycles. The molecule has 0 unspecified atom stereocenters. The summed E-state index contributed by atoms with van der Waals surface area (Å²) >= 11 is 0. The van der Waals surface area contributed by atoms with E-state index < -0.39 is 5.97 Å². The minimum atomic E-state index is -0.997. The van der Waals surface area contributed by atoms with Gasteiger partial charge in [-0.05, 0) is 38.5 Å². The van der Waals surface area contributed by atoms with E-state index in [4.69, 9.17) is 5.11 Å². The maximum absolute atomic E-state index is 11.8. The van der Waals surface area contributed by atoms with Gasteiger partial charge in [0.2, 0.25) is 0 Å². The summed E-state index contributed by atoms with van der Waals surface area (Å²) in [5.74, 6) is -1.06. The second kappa shape index (κ2) is 5.09. The van der Waals surface area contributed by atoms with Gasteiger partial charge in [-0.2, -0.15) is 0 Å². The van der Waals surface area contributed by atoms with Gasteiger partial charge in [-0.1, -0.05) is 0 Å². The number of aromatic carboxylic acids is 1. The van der Waals surface area contributed by atoms with Crippen molar-refractivity contribution in [2.24, 2.45) is 0 Å². The number of Topliss-reactive ketones (excluding diaryl/α,β-unsaturated/α-hetero) is 1. The molecule has 5 nitrogen and oxygen atoms in total. The number of aromatic nitrogens is 1. The van der Waals surface area contributed by atoms with Gasteiger partial charge in [0.05, 0.1) is 12.2 Å². The molecule has 0 radical (unpaired) electrons. The summed E-state index contributed by atoms with van der Waals surface area (Å²) in [6, 6.07) is 3.30. The third-order valence-electron chi connectivity index (χ3n) is 3.58. The van der Waals surface area contributed by atoms with Gasteiger partial charge in [0, 0.05) is 28.7 Å². The zero-order valence-corrected chi connectivity index (χ0v) is 11.7. The van der Waals surface area contributed by atoms with Crippen LogP contribution in [0.5, 0.6) is 0 Å². The minimum absolute atomic E-state index is 0.0633. The minimum Gasteiger partial charge on any atom is -0.478 e. The molecular weight excluding hydrogens is 258 g/mol. The normalized spacial score (nSPS) is 11.0. The van der Waals surface area contributed by atoms with Crippen molar-refractivity contribution in [2.75, 3.05) is 6.61 Å². The second-order valence-electron chi connectivity index (χ2n) is 4.88. The van der Waals surface area contributed by atoms with Crippen LogP contribution in [0.2, 0.25) is 0 Å². The van der Waals surface area contributed by atoms with Crippen LogP contribution in [0.25, 0.3) is 10.9 Å². The van der Waals surface area contributed by atoms with Crippen LogP contribution in [-0.2, 0) is 6.54 Å². The Hall–Kier alpha value is -2.14. The number of carboxylic acids is 1. The lowest BCUT2D eigenvalue weighted by Gasteiger charge is -2.07. The van der Waals surface area contributed by atoms with Crippen LogP contribution in [-0.4, -0.2) is 33.1 Å². The van der Waals surface area contributed by atoms with Gasteiger partial charge in [-0.15, -0.1) is 0 Å². The zero-order chi connectivity index (χ0) is 15.0. The molecule has 0 spiro atoms. The first-order valence-corrected chi connectivity index (χ1v) is 6.37. The highest BCUT2D eigenvalue weighted by Gasteiger charge is 2.19. The molecule has 20 heavy (non-hydrogen) atoms. The van der Waals surface area contributed by atoms with Crippen molar-refractivity contribution in [3.63, 3.8) is 0 Å². The summed E-state index contributed by atoms with van der Waals surface area (Å²) < 4.78 is 1.79. The smallest absolute Gasteiger partial charge is 0.336 e. The monoisotopic (exact) mass is 275 g/mol. The number of hydrogen-bond donors (Lipinski definition) is 2.